The van der Waals surface area contributed by atoms with Gasteiger partial charge in [-0.2, -0.15) is 23.5 Å². The van der Waals surface area contributed by atoms with Crippen molar-refractivity contribution in [2.45, 2.75) is 25.7 Å². The molecule has 0 aliphatic carbocycles. The second kappa shape index (κ2) is 8.67. The molecule has 0 bridgehead atoms. The number of piperazine rings is 1. The molecule has 2 aromatic rings. The Bertz CT molecular complexity index is 1030. The molecule has 8 nitrogen and oxygen atoms in total. The summed E-state index contributed by atoms with van der Waals surface area (Å²) in [6.45, 7) is 2.84. The van der Waals surface area contributed by atoms with E-state index in [9.17, 15) is 22.8 Å². The molecule has 1 aromatic heterocycles. The number of nitrogens with zero attached hydrogens (tertiary/aromatic N) is 5. The predicted octanol–water partition coefficient (Wildman–Crippen LogP) is 1.87. The third-order valence-electron chi connectivity index (χ3n) is 5.18. The number of hydrogen-bond donors (Lipinski definition) is 1. The molecule has 31 heavy (non-hydrogen) atoms. The molecule has 1 atom stereocenters. The number of carbonyl (C=O) groups excluding carboxylic acids is 2. The Morgan fingerprint density at radius 1 is 1.32 bits per heavy atom. The number of nitrogens with one attached hydrogen (secondary N) is 1. The Balaban J connectivity index is 1.90. The molecule has 11 heteroatoms. The highest BCUT2D eigenvalue weighted by Crippen LogP contribution is 2.35. The second-order valence-corrected chi connectivity index (χ2v) is 7.00. The summed E-state index contributed by atoms with van der Waals surface area (Å²) in [4.78, 5) is 28.4. The lowest BCUT2D eigenvalue weighted by atomic mass is 10.0. The summed E-state index contributed by atoms with van der Waals surface area (Å²) in [6, 6.07) is 4.00. The quantitative estimate of drug-likeness (QED) is 0.793. The van der Waals surface area contributed by atoms with Crippen LogP contribution >= 0.6 is 0 Å². The van der Waals surface area contributed by atoms with E-state index in [2.05, 4.69) is 10.4 Å². The number of anilines is 1. The number of rotatable bonds is 4. The van der Waals surface area contributed by atoms with E-state index >= 15 is 0 Å². The number of aromatic nitrogens is 2. The van der Waals surface area contributed by atoms with E-state index in [0.717, 1.165) is 12.1 Å². The van der Waals surface area contributed by atoms with Crippen LogP contribution in [0, 0.1) is 11.3 Å². The summed E-state index contributed by atoms with van der Waals surface area (Å²) < 4.78 is 41.8. The zero-order valence-corrected chi connectivity index (χ0v) is 17.0. The van der Waals surface area contributed by atoms with Crippen LogP contribution in [-0.2, 0) is 17.5 Å². The lowest BCUT2D eigenvalue weighted by molar-refractivity contribution is -0.137. The molecule has 1 aliphatic rings. The van der Waals surface area contributed by atoms with Crippen LogP contribution in [0.5, 0.6) is 0 Å². The maximum atomic E-state index is 13.4. The molecule has 2 amide bonds. The van der Waals surface area contributed by atoms with Gasteiger partial charge in [0.15, 0.2) is 0 Å². The summed E-state index contributed by atoms with van der Waals surface area (Å²) in [5.74, 6) is -0.733. The number of likely N-dealkylation sites (N-methyl/N-ethyl adjacent to an activating group) is 1. The molecule has 0 saturated carbocycles. The Labute approximate surface area is 176 Å². The van der Waals surface area contributed by atoms with Crippen molar-refractivity contribution >= 4 is 17.5 Å². The fourth-order valence-corrected chi connectivity index (χ4v) is 3.54. The summed E-state index contributed by atoms with van der Waals surface area (Å²) in [5.41, 5.74) is -1.02. The normalized spacial score (nSPS) is 16.7. The number of benzene rings is 1. The van der Waals surface area contributed by atoms with Gasteiger partial charge in [0.2, 0.25) is 5.91 Å². The van der Waals surface area contributed by atoms with Gasteiger partial charge in [0.25, 0.3) is 5.91 Å². The fourth-order valence-electron chi connectivity index (χ4n) is 3.54. The van der Waals surface area contributed by atoms with E-state index in [1.165, 1.54) is 29.1 Å². The largest absolute Gasteiger partial charge is 0.417 e. The van der Waals surface area contributed by atoms with Crippen LogP contribution in [0.3, 0.4) is 0 Å². The molecule has 1 unspecified atom stereocenters. The van der Waals surface area contributed by atoms with Crippen LogP contribution in [0.15, 0.2) is 30.6 Å². The van der Waals surface area contributed by atoms with Gasteiger partial charge in [0.1, 0.15) is 6.04 Å². The first kappa shape index (κ1) is 22.1. The molecule has 0 radical (unpaired) electrons. The van der Waals surface area contributed by atoms with Crippen molar-refractivity contribution in [3.8, 4) is 6.07 Å². The smallest absolute Gasteiger partial charge is 0.357 e. The number of carbonyl (C=O) groups is 2. The predicted molar refractivity (Wildman–Crippen MR) is 105 cm³/mol. The molecule has 1 saturated heterocycles. The van der Waals surface area contributed by atoms with Crippen LogP contribution in [0.25, 0.3) is 0 Å². The van der Waals surface area contributed by atoms with Gasteiger partial charge in [-0.05, 0) is 25.1 Å². The molecule has 164 valence electrons. The first-order chi connectivity index (χ1) is 14.7. The number of alkyl halides is 3. The third-order valence-corrected chi connectivity index (χ3v) is 5.18. The Morgan fingerprint density at radius 2 is 2.06 bits per heavy atom. The zero-order chi connectivity index (χ0) is 22.8. The highest BCUT2D eigenvalue weighted by atomic mass is 19.4. The van der Waals surface area contributed by atoms with Gasteiger partial charge in [-0.25, -0.2) is 0 Å². The molecular formula is C20H21F3N6O2. The Hall–Kier alpha value is -3.55. The van der Waals surface area contributed by atoms with Crippen molar-refractivity contribution in [2.24, 2.45) is 0 Å². The van der Waals surface area contributed by atoms with Gasteiger partial charge in [-0.1, -0.05) is 0 Å². The van der Waals surface area contributed by atoms with Gasteiger partial charge in [0.05, 0.1) is 35.5 Å². The van der Waals surface area contributed by atoms with Crippen molar-refractivity contribution in [2.75, 3.05) is 31.6 Å². The number of halogens is 3. The highest BCUT2D eigenvalue weighted by molar-refractivity contribution is 5.95. The van der Waals surface area contributed by atoms with Crippen molar-refractivity contribution < 1.29 is 22.8 Å². The SMILES string of the molecule is CCn1cc(C(=O)N2CCN(c3ccc(C#N)c(C(F)(F)F)c3)C(C(=O)NC)C2)cn1. The van der Waals surface area contributed by atoms with E-state index < -0.39 is 29.3 Å². The molecular weight excluding hydrogens is 413 g/mol. The Morgan fingerprint density at radius 3 is 2.65 bits per heavy atom. The van der Waals surface area contributed by atoms with Crippen LogP contribution in [0.2, 0.25) is 0 Å². The highest BCUT2D eigenvalue weighted by Gasteiger charge is 2.38. The lowest BCUT2D eigenvalue weighted by Gasteiger charge is -2.41. The standard InChI is InChI=1S/C20H21F3N6O2/c1-3-28-11-14(10-26-28)19(31)27-6-7-29(17(12-27)18(30)25-2)15-5-4-13(9-24)16(8-15)20(21,22)23/h4-5,8,10-11,17H,3,6-7,12H2,1-2H3,(H,25,30). The molecule has 0 spiro atoms. The molecule has 3 rings (SSSR count). The second-order valence-electron chi connectivity index (χ2n) is 7.00. The van der Waals surface area contributed by atoms with Crippen molar-refractivity contribution in [3.63, 3.8) is 0 Å². The van der Waals surface area contributed by atoms with Crippen LogP contribution in [0.1, 0.15) is 28.4 Å². The summed E-state index contributed by atoms with van der Waals surface area (Å²) in [5, 5.41) is 15.6. The topological polar surface area (TPSA) is 94.3 Å². The maximum absolute atomic E-state index is 13.4. The minimum Gasteiger partial charge on any atom is -0.357 e. The van der Waals surface area contributed by atoms with Crippen LogP contribution in [0.4, 0.5) is 18.9 Å². The minimum absolute atomic E-state index is 0.00281. The number of amides is 2. The van der Waals surface area contributed by atoms with Crippen molar-refractivity contribution in [1.29, 1.82) is 5.26 Å². The molecule has 1 fully saturated rings. The number of nitriles is 1. The molecule has 2 heterocycles. The van der Waals surface area contributed by atoms with Crippen molar-refractivity contribution in [3.05, 3.63) is 47.3 Å². The molecule has 1 aromatic carbocycles. The van der Waals surface area contributed by atoms with E-state index in [0.29, 0.717) is 12.1 Å². The average Bonchev–Trinajstić information content (AvgIpc) is 3.26. The number of hydrogen-bond acceptors (Lipinski definition) is 5. The van der Waals surface area contributed by atoms with Gasteiger partial charge >= 0.3 is 6.18 Å². The van der Waals surface area contributed by atoms with Crippen molar-refractivity contribution in [1.82, 2.24) is 20.0 Å². The fraction of sp³-hybridized carbons (Fsp3) is 0.400. The Kier molecular flexibility index (Phi) is 6.19. The van der Waals surface area contributed by atoms with Gasteiger partial charge in [-0.3, -0.25) is 14.3 Å². The van der Waals surface area contributed by atoms with Gasteiger partial charge < -0.3 is 15.1 Å². The first-order valence-corrected chi connectivity index (χ1v) is 9.60. The van der Waals surface area contributed by atoms with E-state index in [1.807, 2.05) is 6.92 Å². The monoisotopic (exact) mass is 434 g/mol. The van der Waals surface area contributed by atoms with Gasteiger partial charge in [-0.15, -0.1) is 0 Å². The maximum Gasteiger partial charge on any atom is 0.417 e. The van der Waals surface area contributed by atoms with E-state index in [4.69, 9.17) is 5.26 Å². The molecule has 1 N–H and O–H groups in total. The number of aryl methyl sites for hydroxylation is 1. The van der Waals surface area contributed by atoms with Crippen LogP contribution in [-0.4, -0.2) is 59.2 Å². The van der Waals surface area contributed by atoms with Gasteiger partial charge in [0, 0.05) is 38.6 Å². The first-order valence-electron chi connectivity index (χ1n) is 9.60. The zero-order valence-electron chi connectivity index (χ0n) is 17.0. The van der Waals surface area contributed by atoms with E-state index in [-0.39, 0.29) is 31.2 Å². The molecule has 1 aliphatic heterocycles. The summed E-state index contributed by atoms with van der Waals surface area (Å²) in [6.07, 6.45) is -1.65. The summed E-state index contributed by atoms with van der Waals surface area (Å²) >= 11 is 0. The average molecular weight is 434 g/mol. The third kappa shape index (κ3) is 4.47. The summed E-state index contributed by atoms with van der Waals surface area (Å²) in [7, 11) is 1.42. The van der Waals surface area contributed by atoms with Crippen LogP contribution < -0.4 is 10.2 Å². The minimum atomic E-state index is -4.71. The lowest BCUT2D eigenvalue weighted by Crippen LogP contribution is -2.60. The van der Waals surface area contributed by atoms with E-state index in [1.54, 1.807) is 16.9 Å².